The first-order valence-corrected chi connectivity index (χ1v) is 10.2. The van der Waals surface area contributed by atoms with Crippen LogP contribution >= 0.6 is 0 Å². The van der Waals surface area contributed by atoms with Crippen molar-refractivity contribution in [3.8, 4) is 5.75 Å². The molecule has 1 aromatic heterocycles. The van der Waals surface area contributed by atoms with Gasteiger partial charge < -0.3 is 15.3 Å². The first kappa shape index (κ1) is 21.0. The van der Waals surface area contributed by atoms with Gasteiger partial charge in [0.05, 0.1) is 11.1 Å². The second kappa shape index (κ2) is 9.69. The average Bonchev–Trinajstić information content (AvgIpc) is 2.81. The highest BCUT2D eigenvalue weighted by Crippen LogP contribution is 2.25. The molecule has 1 saturated heterocycles. The molecule has 1 aliphatic rings. The number of phenolic OH excluding ortho intramolecular Hbond substituents is 1. The molecule has 0 bridgehead atoms. The van der Waals surface area contributed by atoms with E-state index in [9.17, 15) is 15.2 Å². The fourth-order valence-corrected chi connectivity index (χ4v) is 3.29. The van der Waals surface area contributed by atoms with Crippen LogP contribution in [0.2, 0.25) is 0 Å². The summed E-state index contributed by atoms with van der Waals surface area (Å²) in [7, 11) is 0. The summed E-state index contributed by atoms with van der Waals surface area (Å²) in [6.07, 6.45) is 4.73. The summed E-state index contributed by atoms with van der Waals surface area (Å²) in [5.41, 5.74) is 3.66. The summed E-state index contributed by atoms with van der Waals surface area (Å²) >= 11 is 0. The summed E-state index contributed by atoms with van der Waals surface area (Å²) in [6, 6.07) is 13.6. The quantitative estimate of drug-likeness (QED) is 0.288. The number of hydrazone groups is 1. The molecule has 2 aromatic carbocycles. The molecule has 0 atom stereocenters. The van der Waals surface area contributed by atoms with Gasteiger partial charge in [-0.25, -0.2) is 5.43 Å². The van der Waals surface area contributed by atoms with Gasteiger partial charge in [0.1, 0.15) is 0 Å². The van der Waals surface area contributed by atoms with Crippen molar-refractivity contribution in [2.24, 2.45) is 5.10 Å². The maximum Gasteiger partial charge on any atom is 0.311 e. The smallest absolute Gasteiger partial charge is 0.311 e. The van der Waals surface area contributed by atoms with Crippen LogP contribution in [0, 0.1) is 10.1 Å². The number of benzene rings is 2. The number of nitro benzene ring substituents is 1. The van der Waals surface area contributed by atoms with Gasteiger partial charge in [0.25, 0.3) is 0 Å². The monoisotopic (exact) mass is 434 g/mol. The molecule has 4 rings (SSSR count). The topological polar surface area (TPSA) is 142 Å². The molecule has 3 aromatic rings. The molecule has 1 aliphatic heterocycles. The van der Waals surface area contributed by atoms with Crippen LogP contribution in [0.4, 0.5) is 29.2 Å². The number of nitrogens with one attached hydrogen (secondary N) is 2. The third-order valence-corrected chi connectivity index (χ3v) is 4.87. The van der Waals surface area contributed by atoms with E-state index in [1.54, 1.807) is 0 Å². The minimum absolute atomic E-state index is 0.239. The van der Waals surface area contributed by atoms with E-state index in [0.29, 0.717) is 17.5 Å². The molecule has 3 N–H and O–H groups in total. The maximum atomic E-state index is 11.0. The fourth-order valence-electron chi connectivity index (χ4n) is 3.29. The summed E-state index contributed by atoms with van der Waals surface area (Å²) in [6.45, 7) is 1.74. The van der Waals surface area contributed by atoms with Crippen molar-refractivity contribution in [1.29, 1.82) is 0 Å². The molecular formula is C21H22N8O3. The zero-order chi connectivity index (χ0) is 22.3. The predicted octanol–water partition coefficient (Wildman–Crippen LogP) is 3.67. The first-order chi connectivity index (χ1) is 15.6. The molecule has 0 unspecified atom stereocenters. The number of anilines is 4. The van der Waals surface area contributed by atoms with E-state index in [2.05, 4.69) is 35.7 Å². The Morgan fingerprint density at radius 3 is 2.53 bits per heavy atom. The van der Waals surface area contributed by atoms with E-state index in [-0.39, 0.29) is 5.95 Å². The van der Waals surface area contributed by atoms with Gasteiger partial charge in [-0.2, -0.15) is 20.1 Å². The standard InChI is InChI=1S/C21H22N8O3/c30-18-10-9-15(13-17(18)29(31)32)14-22-27-20-24-19(23-16-7-3-1-4-8-16)25-21(26-20)28-11-5-2-6-12-28/h1,3-4,7-10,13-14,30H,2,5-6,11-12H2,(H2,23,24,25,26,27)/b22-14-. The largest absolute Gasteiger partial charge is 0.502 e. The third-order valence-electron chi connectivity index (χ3n) is 4.87. The molecule has 11 nitrogen and oxygen atoms in total. The van der Waals surface area contributed by atoms with E-state index in [1.807, 2.05) is 30.3 Å². The highest BCUT2D eigenvalue weighted by Gasteiger charge is 2.17. The molecular weight excluding hydrogens is 412 g/mol. The Hall–Kier alpha value is -4.28. The Bertz CT molecular complexity index is 1120. The zero-order valence-electron chi connectivity index (χ0n) is 17.2. The lowest BCUT2D eigenvalue weighted by Crippen LogP contribution is -2.31. The van der Waals surface area contributed by atoms with Crippen LogP contribution in [0.1, 0.15) is 24.8 Å². The second-order valence-electron chi connectivity index (χ2n) is 7.20. The van der Waals surface area contributed by atoms with Gasteiger partial charge >= 0.3 is 5.69 Å². The van der Waals surface area contributed by atoms with Crippen molar-refractivity contribution in [2.45, 2.75) is 19.3 Å². The van der Waals surface area contributed by atoms with Crippen molar-refractivity contribution in [3.05, 3.63) is 64.2 Å². The minimum Gasteiger partial charge on any atom is -0.502 e. The number of para-hydroxylation sites is 1. The minimum atomic E-state index is -0.654. The highest BCUT2D eigenvalue weighted by atomic mass is 16.6. The number of hydrogen-bond donors (Lipinski definition) is 3. The normalized spacial score (nSPS) is 13.8. The van der Waals surface area contributed by atoms with Crippen molar-refractivity contribution in [2.75, 3.05) is 28.7 Å². The Morgan fingerprint density at radius 1 is 1.03 bits per heavy atom. The fraction of sp³-hybridized carbons (Fsp3) is 0.238. The number of nitrogens with zero attached hydrogens (tertiary/aromatic N) is 6. The predicted molar refractivity (Wildman–Crippen MR) is 122 cm³/mol. The third kappa shape index (κ3) is 5.25. The number of rotatable bonds is 7. The van der Waals surface area contributed by atoms with E-state index >= 15 is 0 Å². The summed E-state index contributed by atoms with van der Waals surface area (Å²) in [5.74, 6) is 0.768. The number of phenols is 1. The van der Waals surface area contributed by atoms with Gasteiger partial charge in [0.2, 0.25) is 17.8 Å². The Labute approximate surface area is 184 Å². The van der Waals surface area contributed by atoms with Crippen LogP contribution in [-0.2, 0) is 0 Å². The van der Waals surface area contributed by atoms with Gasteiger partial charge in [0, 0.05) is 30.4 Å². The van der Waals surface area contributed by atoms with Crippen LogP contribution in [-0.4, -0.2) is 44.3 Å². The molecule has 1 fully saturated rings. The number of hydrogen-bond acceptors (Lipinski definition) is 10. The van der Waals surface area contributed by atoms with E-state index in [1.165, 1.54) is 30.8 Å². The summed E-state index contributed by atoms with van der Waals surface area (Å²) in [5, 5.41) is 27.8. The van der Waals surface area contributed by atoms with E-state index in [4.69, 9.17) is 0 Å². The van der Waals surface area contributed by atoms with Crippen molar-refractivity contribution in [1.82, 2.24) is 15.0 Å². The second-order valence-corrected chi connectivity index (χ2v) is 7.20. The lowest BCUT2D eigenvalue weighted by atomic mass is 10.1. The van der Waals surface area contributed by atoms with Crippen molar-refractivity contribution >= 4 is 35.4 Å². The average molecular weight is 434 g/mol. The molecule has 2 heterocycles. The summed E-state index contributed by atoms with van der Waals surface area (Å²) < 4.78 is 0. The molecule has 32 heavy (non-hydrogen) atoms. The number of aromatic hydroxyl groups is 1. The van der Waals surface area contributed by atoms with Crippen LogP contribution in [0.3, 0.4) is 0 Å². The Balaban J connectivity index is 1.56. The van der Waals surface area contributed by atoms with Gasteiger partial charge in [-0.05, 0) is 43.5 Å². The molecule has 0 aliphatic carbocycles. The first-order valence-electron chi connectivity index (χ1n) is 10.2. The SMILES string of the molecule is O=[N+]([O-])c1cc(/C=N\Nc2nc(Nc3ccccc3)nc(N3CCCCC3)n2)ccc1O. The van der Waals surface area contributed by atoms with Crippen LogP contribution in [0.15, 0.2) is 53.6 Å². The Kier molecular flexibility index (Phi) is 6.35. The van der Waals surface area contributed by atoms with Gasteiger partial charge in [-0.3, -0.25) is 10.1 Å². The van der Waals surface area contributed by atoms with E-state index in [0.717, 1.165) is 31.6 Å². The molecule has 0 saturated carbocycles. The molecule has 164 valence electrons. The Morgan fingerprint density at radius 2 is 1.78 bits per heavy atom. The zero-order valence-corrected chi connectivity index (χ0v) is 17.2. The molecule has 0 radical (unpaired) electrons. The number of aromatic nitrogens is 3. The maximum absolute atomic E-state index is 11.0. The van der Waals surface area contributed by atoms with Crippen LogP contribution < -0.4 is 15.6 Å². The van der Waals surface area contributed by atoms with Gasteiger partial charge in [-0.1, -0.05) is 18.2 Å². The summed E-state index contributed by atoms with van der Waals surface area (Å²) in [4.78, 5) is 25.9. The van der Waals surface area contributed by atoms with Gasteiger partial charge in [0.15, 0.2) is 5.75 Å². The lowest BCUT2D eigenvalue weighted by molar-refractivity contribution is -0.385. The van der Waals surface area contributed by atoms with Crippen molar-refractivity contribution < 1.29 is 10.0 Å². The van der Waals surface area contributed by atoms with E-state index < -0.39 is 16.4 Å². The van der Waals surface area contributed by atoms with Crippen LogP contribution in [0.25, 0.3) is 0 Å². The number of nitro groups is 1. The highest BCUT2D eigenvalue weighted by molar-refractivity contribution is 5.82. The van der Waals surface area contributed by atoms with Gasteiger partial charge in [-0.15, -0.1) is 0 Å². The molecule has 11 heteroatoms. The lowest BCUT2D eigenvalue weighted by Gasteiger charge is -2.26. The van der Waals surface area contributed by atoms with Crippen molar-refractivity contribution in [3.63, 3.8) is 0 Å². The number of piperidine rings is 1. The molecule has 0 spiro atoms. The van der Waals surface area contributed by atoms with Crippen LogP contribution in [0.5, 0.6) is 5.75 Å². The molecule has 0 amide bonds.